The molecule has 0 bridgehead atoms. The quantitative estimate of drug-likeness (QED) is 0.720. The number of phenolic OH excluding ortho intramolecular Hbond substituents is 1. The highest BCUT2D eigenvalue weighted by Crippen LogP contribution is 2.33. The molecule has 0 amide bonds. The second kappa shape index (κ2) is 5.31. The number of carbonyl (C=O) groups is 1. The van der Waals surface area contributed by atoms with Crippen molar-refractivity contribution < 1.29 is 19.4 Å². The summed E-state index contributed by atoms with van der Waals surface area (Å²) in [5.74, 6) is -2.12. The van der Waals surface area contributed by atoms with Crippen LogP contribution in [0.3, 0.4) is 0 Å². The second-order valence-corrected chi connectivity index (χ2v) is 5.24. The van der Waals surface area contributed by atoms with E-state index in [0.717, 1.165) is 5.56 Å². The number of rotatable bonds is 2. The molecule has 0 aromatic heterocycles. The highest BCUT2D eigenvalue weighted by Gasteiger charge is 2.11. The topological polar surface area (TPSA) is 57.5 Å². The predicted molar refractivity (Wildman–Crippen MR) is 83.0 cm³/mol. The first-order chi connectivity index (χ1) is 10.5. The van der Waals surface area contributed by atoms with E-state index in [-0.39, 0.29) is 5.56 Å². The molecule has 0 radical (unpaired) electrons. The maximum Gasteiger partial charge on any atom is 0.335 e. The number of hydrogen-bond acceptors (Lipinski definition) is 2. The molecule has 3 aromatic carbocycles. The minimum atomic E-state index is -1.05. The van der Waals surface area contributed by atoms with Crippen molar-refractivity contribution in [3.8, 4) is 16.9 Å². The first-order valence-corrected chi connectivity index (χ1v) is 6.79. The highest BCUT2D eigenvalue weighted by molar-refractivity contribution is 6.33. The fourth-order valence-corrected chi connectivity index (χ4v) is 2.62. The van der Waals surface area contributed by atoms with Crippen molar-refractivity contribution >= 4 is 28.3 Å². The van der Waals surface area contributed by atoms with Crippen LogP contribution >= 0.6 is 11.6 Å². The van der Waals surface area contributed by atoms with Crippen LogP contribution in [-0.4, -0.2) is 16.2 Å². The molecule has 0 fully saturated rings. The number of benzene rings is 3. The van der Waals surface area contributed by atoms with Gasteiger partial charge in [-0.2, -0.15) is 0 Å². The summed E-state index contributed by atoms with van der Waals surface area (Å²) in [6.45, 7) is 0. The lowest BCUT2D eigenvalue weighted by Gasteiger charge is -2.08. The lowest BCUT2D eigenvalue weighted by atomic mass is 9.99. The number of carboxylic acids is 1. The van der Waals surface area contributed by atoms with Crippen molar-refractivity contribution in [1.82, 2.24) is 0 Å². The molecule has 0 unspecified atom stereocenters. The minimum absolute atomic E-state index is 0.102. The molecule has 0 saturated heterocycles. The van der Waals surface area contributed by atoms with Crippen LogP contribution in [0.25, 0.3) is 21.9 Å². The summed E-state index contributed by atoms with van der Waals surface area (Å²) in [6, 6.07) is 12.3. The molecule has 0 spiro atoms. The van der Waals surface area contributed by atoms with Crippen LogP contribution in [0.2, 0.25) is 5.02 Å². The van der Waals surface area contributed by atoms with Gasteiger partial charge >= 0.3 is 5.97 Å². The fraction of sp³-hybridized carbons (Fsp3) is 0. The van der Waals surface area contributed by atoms with E-state index in [2.05, 4.69) is 0 Å². The maximum absolute atomic E-state index is 13.8. The average Bonchev–Trinajstić information content (AvgIpc) is 2.50. The largest absolute Gasteiger partial charge is 0.505 e. The van der Waals surface area contributed by atoms with Gasteiger partial charge in [0.15, 0.2) is 11.6 Å². The van der Waals surface area contributed by atoms with Crippen molar-refractivity contribution in [2.45, 2.75) is 0 Å². The van der Waals surface area contributed by atoms with Crippen LogP contribution < -0.4 is 0 Å². The van der Waals surface area contributed by atoms with E-state index in [1.807, 2.05) is 0 Å². The molecule has 5 heteroatoms. The van der Waals surface area contributed by atoms with E-state index in [1.165, 1.54) is 18.2 Å². The van der Waals surface area contributed by atoms with E-state index in [9.17, 15) is 14.3 Å². The lowest BCUT2D eigenvalue weighted by Crippen LogP contribution is -1.96. The number of hydrogen-bond donors (Lipinski definition) is 2. The Kier molecular flexibility index (Phi) is 3.47. The third-order valence-corrected chi connectivity index (χ3v) is 3.77. The number of aromatic hydroxyl groups is 1. The van der Waals surface area contributed by atoms with Gasteiger partial charge in [-0.15, -0.1) is 0 Å². The average molecular weight is 317 g/mol. The third-order valence-electron chi connectivity index (χ3n) is 3.46. The molecule has 0 heterocycles. The van der Waals surface area contributed by atoms with Crippen LogP contribution in [0.15, 0.2) is 48.5 Å². The Labute approximate surface area is 130 Å². The fourth-order valence-electron chi connectivity index (χ4n) is 2.33. The lowest BCUT2D eigenvalue weighted by molar-refractivity contribution is 0.0697. The molecule has 3 aromatic rings. The van der Waals surface area contributed by atoms with Gasteiger partial charge in [-0.25, -0.2) is 9.18 Å². The smallest absolute Gasteiger partial charge is 0.335 e. The Morgan fingerprint density at radius 1 is 1.05 bits per heavy atom. The molecule has 2 N–H and O–H groups in total. The summed E-state index contributed by atoms with van der Waals surface area (Å²) >= 11 is 6.14. The van der Waals surface area contributed by atoms with E-state index in [1.54, 1.807) is 30.3 Å². The predicted octanol–water partition coefficient (Wildman–Crippen LogP) is 4.70. The summed E-state index contributed by atoms with van der Waals surface area (Å²) in [7, 11) is 0. The van der Waals surface area contributed by atoms with E-state index in [4.69, 9.17) is 16.7 Å². The monoisotopic (exact) mass is 316 g/mol. The molecule has 0 atom stereocenters. The summed E-state index contributed by atoms with van der Waals surface area (Å²) < 4.78 is 13.8. The molecule has 110 valence electrons. The molecule has 22 heavy (non-hydrogen) atoms. The SMILES string of the molecule is O=C(O)c1ccc(-c2ccc3c(F)c(O)ccc3c2)c(Cl)c1. The Morgan fingerprint density at radius 2 is 1.82 bits per heavy atom. The number of fused-ring (bicyclic) bond motifs is 1. The molecule has 3 nitrogen and oxygen atoms in total. The van der Waals surface area contributed by atoms with E-state index >= 15 is 0 Å². The summed E-state index contributed by atoms with van der Waals surface area (Å²) in [5, 5.41) is 19.6. The molecule has 0 aliphatic heterocycles. The molecule has 0 aliphatic carbocycles. The molecule has 0 saturated carbocycles. The van der Waals surface area contributed by atoms with Crippen LogP contribution in [0, 0.1) is 5.82 Å². The Hall–Kier alpha value is -2.59. The van der Waals surface area contributed by atoms with E-state index in [0.29, 0.717) is 21.4 Å². The Balaban J connectivity index is 2.15. The standard InChI is InChI=1S/C17H10ClFO3/c18-14-8-11(17(21)22)2-4-12(14)9-1-5-13-10(7-9)3-6-15(20)16(13)19/h1-8,20H,(H,21,22). The summed E-state index contributed by atoms with van der Waals surface area (Å²) in [6.07, 6.45) is 0. The maximum atomic E-state index is 13.8. The number of carboxylic acid groups (broad SMARTS) is 1. The highest BCUT2D eigenvalue weighted by atomic mass is 35.5. The van der Waals surface area contributed by atoms with Gasteiger partial charge in [0.25, 0.3) is 0 Å². The van der Waals surface area contributed by atoms with Crippen LogP contribution in [0.1, 0.15) is 10.4 Å². The molecular weight excluding hydrogens is 307 g/mol. The summed E-state index contributed by atoms with van der Waals surface area (Å²) in [5.41, 5.74) is 1.49. The van der Waals surface area contributed by atoms with Gasteiger partial charge < -0.3 is 10.2 Å². The van der Waals surface area contributed by atoms with Crippen molar-refractivity contribution in [2.75, 3.05) is 0 Å². The van der Waals surface area contributed by atoms with Gasteiger partial charge in [-0.3, -0.25) is 0 Å². The van der Waals surface area contributed by atoms with Crippen molar-refractivity contribution in [3.63, 3.8) is 0 Å². The third kappa shape index (κ3) is 2.38. The van der Waals surface area contributed by atoms with Crippen LogP contribution in [0.4, 0.5) is 4.39 Å². The number of phenols is 1. The zero-order valence-corrected chi connectivity index (χ0v) is 11.9. The van der Waals surface area contributed by atoms with Gasteiger partial charge in [-0.1, -0.05) is 35.9 Å². The molecular formula is C17H10ClFO3. The zero-order valence-electron chi connectivity index (χ0n) is 11.2. The van der Waals surface area contributed by atoms with Crippen molar-refractivity contribution in [2.24, 2.45) is 0 Å². The van der Waals surface area contributed by atoms with Gasteiger partial charge in [-0.05, 0) is 35.2 Å². The zero-order chi connectivity index (χ0) is 15.9. The van der Waals surface area contributed by atoms with E-state index < -0.39 is 17.5 Å². The minimum Gasteiger partial charge on any atom is -0.505 e. The van der Waals surface area contributed by atoms with Crippen LogP contribution in [0.5, 0.6) is 5.75 Å². The van der Waals surface area contributed by atoms with Crippen LogP contribution in [-0.2, 0) is 0 Å². The molecule has 3 rings (SSSR count). The normalized spacial score (nSPS) is 10.8. The first kappa shape index (κ1) is 14.4. The van der Waals surface area contributed by atoms with Gasteiger partial charge in [0.2, 0.25) is 0 Å². The summed E-state index contributed by atoms with van der Waals surface area (Å²) in [4.78, 5) is 10.9. The van der Waals surface area contributed by atoms with Gasteiger partial charge in [0, 0.05) is 16.0 Å². The molecule has 0 aliphatic rings. The first-order valence-electron chi connectivity index (χ1n) is 6.42. The Morgan fingerprint density at radius 3 is 2.50 bits per heavy atom. The van der Waals surface area contributed by atoms with Crippen molar-refractivity contribution in [3.05, 3.63) is 64.9 Å². The number of halogens is 2. The van der Waals surface area contributed by atoms with Gasteiger partial charge in [0.05, 0.1) is 5.56 Å². The van der Waals surface area contributed by atoms with Gasteiger partial charge in [0.1, 0.15) is 0 Å². The van der Waals surface area contributed by atoms with Crippen molar-refractivity contribution in [1.29, 1.82) is 0 Å². The Bertz CT molecular complexity index is 906. The number of aromatic carboxylic acids is 1. The second-order valence-electron chi connectivity index (χ2n) is 4.83.